The number of hydrogen-bond donors (Lipinski definition) is 0. The maximum atomic E-state index is 13.4. The van der Waals surface area contributed by atoms with Crippen molar-refractivity contribution in [2.24, 2.45) is 5.92 Å². The largest absolute Gasteiger partial charge is 0.356 e. The molecule has 0 N–H and O–H groups in total. The summed E-state index contributed by atoms with van der Waals surface area (Å²) < 4.78 is 18.7. The Bertz CT molecular complexity index is 1000. The van der Waals surface area contributed by atoms with Gasteiger partial charge in [0.2, 0.25) is 0 Å². The normalized spacial score (nSPS) is 21.3. The Kier molecular flexibility index (Phi) is 4.77. The molecule has 0 bridgehead atoms. The van der Waals surface area contributed by atoms with Gasteiger partial charge in [0.05, 0.1) is 5.69 Å². The van der Waals surface area contributed by atoms with Crippen LogP contribution < -0.4 is 0 Å². The lowest BCUT2D eigenvalue weighted by Crippen LogP contribution is -2.35. The van der Waals surface area contributed by atoms with Crippen molar-refractivity contribution in [3.05, 3.63) is 51.6 Å². The minimum atomic E-state index is -0.291. The van der Waals surface area contributed by atoms with E-state index in [9.17, 15) is 9.18 Å². The first kappa shape index (κ1) is 18.0. The van der Waals surface area contributed by atoms with Gasteiger partial charge in [0, 0.05) is 34.2 Å². The molecular formula is C22H23FN2O2S. The van der Waals surface area contributed by atoms with Crippen LogP contribution in [0.25, 0.3) is 11.0 Å². The van der Waals surface area contributed by atoms with Crippen LogP contribution in [0.2, 0.25) is 0 Å². The van der Waals surface area contributed by atoms with Crippen molar-refractivity contribution in [1.29, 1.82) is 0 Å². The fourth-order valence-corrected chi connectivity index (χ4v) is 5.69. The van der Waals surface area contributed by atoms with Crippen molar-refractivity contribution >= 4 is 28.1 Å². The summed E-state index contributed by atoms with van der Waals surface area (Å²) in [7, 11) is 0. The quantitative estimate of drug-likeness (QED) is 0.617. The molecule has 1 aromatic carbocycles. The molecule has 2 aromatic heterocycles. The van der Waals surface area contributed by atoms with Gasteiger partial charge in [-0.2, -0.15) is 0 Å². The molecule has 4 nitrogen and oxygen atoms in total. The zero-order chi connectivity index (χ0) is 19.1. The van der Waals surface area contributed by atoms with Gasteiger partial charge in [-0.1, -0.05) is 5.16 Å². The third-order valence-electron chi connectivity index (χ3n) is 6.28. The number of carbonyl (C=O) groups is 1. The van der Waals surface area contributed by atoms with E-state index in [1.165, 1.54) is 17.0 Å². The molecule has 0 saturated carbocycles. The summed E-state index contributed by atoms with van der Waals surface area (Å²) in [6.07, 6.45) is 4.91. The Morgan fingerprint density at radius 1 is 1.21 bits per heavy atom. The maximum absolute atomic E-state index is 13.4. The van der Waals surface area contributed by atoms with E-state index in [0.717, 1.165) is 62.0 Å². The average molecular weight is 399 g/mol. The van der Waals surface area contributed by atoms with Crippen LogP contribution in [0.5, 0.6) is 0 Å². The van der Waals surface area contributed by atoms with Gasteiger partial charge in [0.15, 0.2) is 11.4 Å². The predicted octanol–water partition coefficient (Wildman–Crippen LogP) is 5.04. The van der Waals surface area contributed by atoms with Crippen molar-refractivity contribution in [2.45, 2.75) is 38.0 Å². The summed E-state index contributed by atoms with van der Waals surface area (Å²) >= 11 is 1.72. The van der Waals surface area contributed by atoms with Crippen LogP contribution in [-0.4, -0.2) is 35.5 Å². The lowest BCUT2D eigenvalue weighted by atomic mass is 9.85. The summed E-state index contributed by atoms with van der Waals surface area (Å²) in [5, 5.41) is 7.21. The van der Waals surface area contributed by atoms with Gasteiger partial charge in [-0.05, 0) is 74.8 Å². The molecule has 1 fully saturated rings. The Hall–Kier alpha value is -2.05. The van der Waals surface area contributed by atoms with E-state index in [4.69, 9.17) is 4.52 Å². The van der Waals surface area contributed by atoms with Crippen LogP contribution in [0.1, 0.15) is 52.5 Å². The number of aromatic nitrogens is 1. The molecule has 1 aliphatic carbocycles. The first-order valence-corrected chi connectivity index (χ1v) is 10.9. The summed E-state index contributed by atoms with van der Waals surface area (Å²) in [6, 6.07) is 6.64. The number of halogens is 1. The number of Topliss-reactive ketones (excluding diaryl/α,β-unsaturated/α-hetero) is 1. The molecule has 28 heavy (non-hydrogen) atoms. The van der Waals surface area contributed by atoms with E-state index in [1.807, 2.05) is 11.4 Å². The highest BCUT2D eigenvalue weighted by Gasteiger charge is 2.28. The van der Waals surface area contributed by atoms with Crippen LogP contribution >= 0.6 is 11.3 Å². The molecular weight excluding hydrogens is 375 g/mol. The minimum Gasteiger partial charge on any atom is -0.356 e. The van der Waals surface area contributed by atoms with Gasteiger partial charge in [-0.3, -0.25) is 4.79 Å². The highest BCUT2D eigenvalue weighted by Crippen LogP contribution is 2.34. The second kappa shape index (κ2) is 7.41. The van der Waals surface area contributed by atoms with Crippen LogP contribution in [0.15, 0.2) is 34.2 Å². The lowest BCUT2D eigenvalue weighted by molar-refractivity contribution is 0.0940. The number of benzene rings is 1. The lowest BCUT2D eigenvalue weighted by Gasteiger charge is -2.32. The van der Waals surface area contributed by atoms with Crippen molar-refractivity contribution < 1.29 is 13.7 Å². The second-order valence-corrected chi connectivity index (χ2v) is 9.07. The van der Waals surface area contributed by atoms with E-state index >= 15 is 0 Å². The summed E-state index contributed by atoms with van der Waals surface area (Å²) in [5.74, 6) is 0.875. The fraction of sp³-hybridized carbons (Fsp3) is 0.455. The standard InChI is InChI=1S/C22H23FN2O2S/c23-16-1-2-18-20(13-16)27-24-22(18)15-4-8-25(9-5-15)7-3-14-11-19(26)17-6-10-28-21(17)12-14/h1-2,6,10,13-15H,3-5,7-9,11-12H2. The fourth-order valence-electron chi connectivity index (χ4n) is 4.68. The summed E-state index contributed by atoms with van der Waals surface area (Å²) in [5.41, 5.74) is 2.46. The van der Waals surface area contributed by atoms with Crippen LogP contribution in [0.4, 0.5) is 4.39 Å². The molecule has 1 aliphatic heterocycles. The topological polar surface area (TPSA) is 46.3 Å². The molecule has 5 rings (SSSR count). The van der Waals surface area contributed by atoms with Gasteiger partial charge < -0.3 is 9.42 Å². The molecule has 0 amide bonds. The number of likely N-dealkylation sites (tertiary alicyclic amines) is 1. The SMILES string of the molecule is O=C1CC(CCN2CCC(c3noc4cc(F)ccc34)CC2)Cc2sccc21. The Balaban J connectivity index is 1.16. The van der Waals surface area contributed by atoms with Gasteiger partial charge in [0.25, 0.3) is 0 Å². The number of rotatable bonds is 4. The van der Waals surface area contributed by atoms with E-state index in [1.54, 1.807) is 17.4 Å². The van der Waals surface area contributed by atoms with Crippen LogP contribution in [-0.2, 0) is 6.42 Å². The molecule has 1 unspecified atom stereocenters. The van der Waals surface area contributed by atoms with Crippen molar-refractivity contribution in [3.63, 3.8) is 0 Å². The molecule has 0 spiro atoms. The van der Waals surface area contributed by atoms with Gasteiger partial charge in [0.1, 0.15) is 5.82 Å². The van der Waals surface area contributed by atoms with Crippen LogP contribution in [0.3, 0.4) is 0 Å². The Morgan fingerprint density at radius 3 is 2.93 bits per heavy atom. The van der Waals surface area contributed by atoms with E-state index in [-0.39, 0.29) is 5.82 Å². The highest BCUT2D eigenvalue weighted by atomic mass is 32.1. The predicted molar refractivity (Wildman–Crippen MR) is 107 cm³/mol. The number of fused-ring (bicyclic) bond motifs is 2. The molecule has 146 valence electrons. The molecule has 1 saturated heterocycles. The van der Waals surface area contributed by atoms with Crippen molar-refractivity contribution in [1.82, 2.24) is 10.1 Å². The van der Waals surface area contributed by atoms with Crippen LogP contribution in [0, 0.1) is 11.7 Å². The Labute approximate surface area is 167 Å². The monoisotopic (exact) mass is 398 g/mol. The van der Waals surface area contributed by atoms with Gasteiger partial charge >= 0.3 is 0 Å². The highest BCUT2D eigenvalue weighted by molar-refractivity contribution is 7.10. The molecule has 2 aliphatic rings. The first-order chi connectivity index (χ1) is 13.7. The molecule has 3 aromatic rings. The third-order valence-corrected chi connectivity index (χ3v) is 7.23. The van der Waals surface area contributed by atoms with E-state index in [2.05, 4.69) is 10.1 Å². The number of ketones is 1. The van der Waals surface area contributed by atoms with Gasteiger partial charge in [-0.25, -0.2) is 4.39 Å². The summed E-state index contributed by atoms with van der Waals surface area (Å²) in [6.45, 7) is 3.12. The number of thiophene rings is 1. The second-order valence-electron chi connectivity index (χ2n) is 8.07. The van der Waals surface area contributed by atoms with Crippen molar-refractivity contribution in [2.75, 3.05) is 19.6 Å². The number of hydrogen-bond acceptors (Lipinski definition) is 5. The first-order valence-electron chi connectivity index (χ1n) is 10.0. The van der Waals surface area contributed by atoms with Crippen molar-refractivity contribution in [3.8, 4) is 0 Å². The summed E-state index contributed by atoms with van der Waals surface area (Å²) in [4.78, 5) is 16.0. The Morgan fingerprint density at radius 2 is 2.07 bits per heavy atom. The van der Waals surface area contributed by atoms with E-state index < -0.39 is 0 Å². The third kappa shape index (κ3) is 3.40. The molecule has 1 atom stereocenters. The number of piperidine rings is 1. The van der Waals surface area contributed by atoms with E-state index in [0.29, 0.717) is 29.6 Å². The molecule has 3 heterocycles. The zero-order valence-electron chi connectivity index (χ0n) is 15.7. The number of carbonyl (C=O) groups excluding carboxylic acids is 1. The smallest absolute Gasteiger partial charge is 0.170 e. The minimum absolute atomic E-state index is 0.291. The molecule has 0 radical (unpaired) electrons. The zero-order valence-corrected chi connectivity index (χ0v) is 16.5. The van der Waals surface area contributed by atoms with Gasteiger partial charge in [-0.15, -0.1) is 11.3 Å². The maximum Gasteiger partial charge on any atom is 0.170 e. The molecule has 6 heteroatoms. The number of nitrogens with zero attached hydrogens (tertiary/aromatic N) is 2. The average Bonchev–Trinajstić information content (AvgIpc) is 3.33.